The molecule has 5 rings (SSSR count). The summed E-state index contributed by atoms with van der Waals surface area (Å²) in [7, 11) is -1.93. The Labute approximate surface area is 208 Å². The van der Waals surface area contributed by atoms with E-state index in [2.05, 4.69) is 40.8 Å². The molecule has 4 aliphatic carbocycles. The Balaban J connectivity index is 1.55. The molecule has 0 radical (unpaired) electrons. The first-order valence-corrected chi connectivity index (χ1v) is 16.8. The molecule has 4 saturated carbocycles. The van der Waals surface area contributed by atoms with Crippen molar-refractivity contribution in [1.82, 2.24) is 0 Å². The summed E-state index contributed by atoms with van der Waals surface area (Å²) in [5.74, 6) is 0.388. The first kappa shape index (κ1) is 25.4. The average molecular weight is 492 g/mol. The minimum Gasteiger partial charge on any atom is -0.413 e. The molecule has 0 aromatic rings. The summed E-state index contributed by atoms with van der Waals surface area (Å²) in [5, 5.41) is 20.8. The van der Waals surface area contributed by atoms with Crippen LogP contribution in [0.15, 0.2) is 0 Å². The molecule has 0 aromatic carbocycles. The predicted octanol–water partition coefficient (Wildman–Crippen LogP) is 6.15. The Hall–Kier alpha value is -0.273. The molecule has 1 heterocycles. The van der Waals surface area contributed by atoms with E-state index in [-0.39, 0.29) is 51.9 Å². The zero-order valence-electron chi connectivity index (χ0n) is 22.8. The van der Waals surface area contributed by atoms with Gasteiger partial charge in [-0.1, -0.05) is 40.5 Å². The van der Waals surface area contributed by atoms with Crippen LogP contribution >= 0.6 is 0 Å². The largest absolute Gasteiger partial charge is 0.413 e. The van der Waals surface area contributed by atoms with Crippen molar-refractivity contribution in [2.75, 3.05) is 0 Å². The van der Waals surface area contributed by atoms with Crippen LogP contribution in [0.5, 0.6) is 0 Å². The van der Waals surface area contributed by atoms with Gasteiger partial charge in [-0.15, -0.1) is 0 Å². The third-order valence-corrected chi connectivity index (χ3v) is 15.9. The zero-order valence-corrected chi connectivity index (χ0v) is 23.8. The van der Waals surface area contributed by atoms with Gasteiger partial charge in [0, 0.05) is 17.5 Å². The Morgan fingerprint density at radius 2 is 1.68 bits per heavy atom. The van der Waals surface area contributed by atoms with Gasteiger partial charge in [0.25, 0.3) is 0 Å². The van der Waals surface area contributed by atoms with Gasteiger partial charge in [-0.25, -0.2) is 0 Å². The molecule has 0 bridgehead atoms. The number of ether oxygens (including phenoxy) is 2. The number of aliphatic hydroxyl groups excluding tert-OH is 1. The molecule has 5 aliphatic rings. The maximum Gasteiger partial charge on any atom is 0.192 e. The maximum absolute atomic E-state index is 11.9. The first-order valence-electron chi connectivity index (χ1n) is 13.9. The lowest BCUT2D eigenvalue weighted by atomic mass is 9.43. The highest BCUT2D eigenvalue weighted by atomic mass is 28.4. The lowest BCUT2D eigenvalue weighted by Gasteiger charge is -2.64. The highest BCUT2D eigenvalue weighted by Crippen LogP contribution is 2.68. The SMILES string of the molecule is CC1(C)O[C@@H]2C3C([C@@H](O)C[C@@]4(C)C3CC[C@@H]4O[Si](C)(C)C(C)(C)C)[C@@]3(C=N)CCCCC3[C@H]2O1. The van der Waals surface area contributed by atoms with Crippen molar-refractivity contribution in [3.8, 4) is 0 Å². The first-order chi connectivity index (χ1) is 15.7. The van der Waals surface area contributed by atoms with Crippen molar-refractivity contribution in [2.45, 2.75) is 135 Å². The van der Waals surface area contributed by atoms with Gasteiger partial charge in [0.2, 0.25) is 0 Å². The molecule has 2 N–H and O–H groups in total. The van der Waals surface area contributed by atoms with Crippen LogP contribution in [0.4, 0.5) is 0 Å². The monoisotopic (exact) mass is 491 g/mol. The summed E-state index contributed by atoms with van der Waals surface area (Å²) in [6, 6.07) is 0. The highest BCUT2D eigenvalue weighted by Gasteiger charge is 2.71. The normalized spacial score (nSPS) is 50.1. The third kappa shape index (κ3) is 3.48. The van der Waals surface area contributed by atoms with E-state index < -0.39 is 20.2 Å². The van der Waals surface area contributed by atoms with E-state index >= 15 is 0 Å². The molecule has 5 fully saturated rings. The van der Waals surface area contributed by atoms with Gasteiger partial charge in [0.15, 0.2) is 14.1 Å². The van der Waals surface area contributed by atoms with Gasteiger partial charge < -0.3 is 24.4 Å². The zero-order chi connectivity index (χ0) is 24.9. The number of hydrogen-bond acceptors (Lipinski definition) is 5. The number of nitrogens with one attached hydrogen (secondary N) is 1. The fourth-order valence-electron chi connectivity index (χ4n) is 8.94. The van der Waals surface area contributed by atoms with Crippen LogP contribution < -0.4 is 0 Å². The second kappa shape index (κ2) is 7.86. The molecular weight excluding hydrogens is 442 g/mol. The predicted molar refractivity (Wildman–Crippen MR) is 138 cm³/mol. The van der Waals surface area contributed by atoms with E-state index in [9.17, 15) is 5.11 Å². The molecule has 4 unspecified atom stereocenters. The standard InChI is InChI=1S/C28H49NO4Si/c1-25(2,3)34(7,8)33-20-13-12-17-21-22(19(30)15-27(17,20)6)28(16-29)14-10-9-11-18(28)23-24(21)32-26(4,5)31-23/h16-24,29-30H,9-15H2,1-8H3/t17?,18?,19-,20-,21?,22?,23+,24+,27-,28+/m0/s1. The summed E-state index contributed by atoms with van der Waals surface area (Å²) < 4.78 is 20.4. The van der Waals surface area contributed by atoms with Crippen LogP contribution in [0.3, 0.4) is 0 Å². The van der Waals surface area contributed by atoms with Crippen LogP contribution in [0.25, 0.3) is 0 Å². The van der Waals surface area contributed by atoms with Crippen LogP contribution in [0, 0.1) is 39.9 Å². The summed E-state index contributed by atoms with van der Waals surface area (Å²) in [6.07, 6.45) is 8.88. The van der Waals surface area contributed by atoms with E-state index in [1.807, 2.05) is 13.8 Å². The van der Waals surface area contributed by atoms with Crippen molar-refractivity contribution < 1.29 is 19.0 Å². The molecular formula is C28H49NO4Si. The molecule has 194 valence electrons. The summed E-state index contributed by atoms with van der Waals surface area (Å²) >= 11 is 0. The minimum absolute atomic E-state index is 0.00192. The summed E-state index contributed by atoms with van der Waals surface area (Å²) in [4.78, 5) is 0. The van der Waals surface area contributed by atoms with Crippen molar-refractivity contribution in [1.29, 1.82) is 5.41 Å². The van der Waals surface area contributed by atoms with Gasteiger partial charge in [-0.3, -0.25) is 0 Å². The van der Waals surface area contributed by atoms with Gasteiger partial charge in [-0.2, -0.15) is 0 Å². The smallest absolute Gasteiger partial charge is 0.192 e. The molecule has 5 nitrogen and oxygen atoms in total. The molecule has 0 amide bonds. The molecule has 1 saturated heterocycles. The van der Waals surface area contributed by atoms with Crippen molar-refractivity contribution in [3.63, 3.8) is 0 Å². The van der Waals surface area contributed by atoms with E-state index in [1.54, 1.807) is 6.21 Å². The van der Waals surface area contributed by atoms with Gasteiger partial charge in [-0.05, 0) is 87.3 Å². The molecule has 34 heavy (non-hydrogen) atoms. The number of aliphatic hydroxyl groups is 1. The number of fused-ring (bicyclic) bond motifs is 8. The van der Waals surface area contributed by atoms with Gasteiger partial charge in [0.1, 0.15) is 0 Å². The number of rotatable bonds is 3. The second-order valence-corrected chi connectivity index (χ2v) is 19.4. The topological polar surface area (TPSA) is 71.8 Å². The fourth-order valence-corrected chi connectivity index (χ4v) is 10.4. The lowest BCUT2D eigenvalue weighted by Crippen LogP contribution is -2.67. The minimum atomic E-state index is -1.93. The lowest BCUT2D eigenvalue weighted by molar-refractivity contribution is -0.204. The molecule has 1 aliphatic heterocycles. The van der Waals surface area contributed by atoms with Crippen molar-refractivity contribution >= 4 is 14.5 Å². The fraction of sp³-hybridized carbons (Fsp3) is 0.964. The van der Waals surface area contributed by atoms with E-state index in [1.165, 1.54) is 6.42 Å². The highest BCUT2D eigenvalue weighted by molar-refractivity contribution is 6.74. The van der Waals surface area contributed by atoms with Crippen LogP contribution in [0.2, 0.25) is 18.1 Å². The Bertz CT molecular complexity index is 824. The summed E-state index contributed by atoms with van der Waals surface area (Å²) in [5.41, 5.74) is -0.339. The van der Waals surface area contributed by atoms with E-state index in [0.29, 0.717) is 5.92 Å². The average Bonchev–Trinajstić information content (AvgIpc) is 3.21. The van der Waals surface area contributed by atoms with Crippen LogP contribution in [-0.2, 0) is 13.9 Å². The van der Waals surface area contributed by atoms with Gasteiger partial charge in [0.05, 0.1) is 24.4 Å². The second-order valence-electron chi connectivity index (χ2n) is 14.6. The molecule has 6 heteroatoms. The van der Waals surface area contributed by atoms with Crippen LogP contribution in [0.1, 0.15) is 86.5 Å². The van der Waals surface area contributed by atoms with Crippen molar-refractivity contribution in [2.24, 2.45) is 34.5 Å². The Morgan fingerprint density at radius 1 is 1.00 bits per heavy atom. The quantitative estimate of drug-likeness (QED) is 0.367. The summed E-state index contributed by atoms with van der Waals surface area (Å²) in [6.45, 7) is 18.1. The maximum atomic E-state index is 11.9. The Kier molecular flexibility index (Phi) is 5.87. The van der Waals surface area contributed by atoms with E-state index in [4.69, 9.17) is 19.3 Å². The van der Waals surface area contributed by atoms with E-state index in [0.717, 1.165) is 38.5 Å². The van der Waals surface area contributed by atoms with Crippen molar-refractivity contribution in [3.05, 3.63) is 0 Å². The molecule has 10 atom stereocenters. The molecule has 0 aromatic heterocycles. The Morgan fingerprint density at radius 3 is 2.32 bits per heavy atom. The number of hydrogen-bond donors (Lipinski definition) is 2. The van der Waals surface area contributed by atoms with Gasteiger partial charge >= 0.3 is 0 Å². The molecule has 0 spiro atoms. The third-order valence-electron chi connectivity index (χ3n) is 11.4. The van der Waals surface area contributed by atoms with Crippen LogP contribution in [-0.4, -0.2) is 49.8 Å².